The molecule has 0 radical (unpaired) electrons. The highest BCUT2D eigenvalue weighted by atomic mass is 16.4. The van der Waals surface area contributed by atoms with E-state index in [-0.39, 0.29) is 49.2 Å². The molecule has 1 aliphatic rings. The number of hydrogen-bond acceptors (Lipinski definition) is 8. The van der Waals surface area contributed by atoms with Gasteiger partial charge in [0, 0.05) is 55.7 Å². The highest BCUT2D eigenvalue weighted by molar-refractivity contribution is 6.12. The first kappa shape index (κ1) is 44.3. The quantitative estimate of drug-likeness (QED) is 0.105. The molecule has 1 heterocycles. The first-order chi connectivity index (χ1) is 24.6. The molecular weight excluding hydrogens is 680 g/mol. The van der Waals surface area contributed by atoms with Gasteiger partial charge in [0.25, 0.3) is 11.8 Å². The topological polar surface area (TPSA) is 194 Å². The Morgan fingerprint density at radius 1 is 0.925 bits per heavy atom. The van der Waals surface area contributed by atoms with Crippen molar-refractivity contribution in [3.63, 3.8) is 0 Å². The van der Waals surface area contributed by atoms with E-state index in [1.54, 1.807) is 27.1 Å². The molecule has 1 aliphatic heterocycles. The number of nitrogens with zero attached hydrogens (tertiary/aromatic N) is 2. The zero-order valence-corrected chi connectivity index (χ0v) is 32.7. The largest absolute Gasteiger partial charge is 0.481 e. The Balaban J connectivity index is 2.16. The summed E-state index contributed by atoms with van der Waals surface area (Å²) in [6.07, 6.45) is 3.43. The summed E-state index contributed by atoms with van der Waals surface area (Å²) in [5.74, 6) is -3.90. The Bertz CT molecular complexity index is 1540. The lowest BCUT2D eigenvalue weighted by Gasteiger charge is -2.40. The summed E-state index contributed by atoms with van der Waals surface area (Å²) in [4.78, 5) is 91.4. The average Bonchev–Trinajstić information content (AvgIpc) is 3.39. The lowest BCUT2D eigenvalue weighted by molar-refractivity contribution is -0.141. The summed E-state index contributed by atoms with van der Waals surface area (Å²) in [6.45, 7) is 14.9. The molecular formula is C39H58N6O8. The van der Waals surface area contributed by atoms with Gasteiger partial charge in [-0.1, -0.05) is 84.9 Å². The van der Waals surface area contributed by atoms with Gasteiger partial charge in [0.15, 0.2) is 0 Å². The fourth-order valence-corrected chi connectivity index (χ4v) is 6.25. The van der Waals surface area contributed by atoms with Crippen LogP contribution >= 0.6 is 0 Å². The minimum Gasteiger partial charge on any atom is -0.481 e. The summed E-state index contributed by atoms with van der Waals surface area (Å²) in [6, 6.07) is 6.65. The number of carboxylic acids is 1. The summed E-state index contributed by atoms with van der Waals surface area (Å²) >= 11 is 0. The van der Waals surface area contributed by atoms with Gasteiger partial charge >= 0.3 is 5.97 Å². The average molecular weight is 739 g/mol. The van der Waals surface area contributed by atoms with E-state index in [2.05, 4.69) is 21.3 Å². The van der Waals surface area contributed by atoms with Gasteiger partial charge in [0.2, 0.25) is 23.6 Å². The van der Waals surface area contributed by atoms with E-state index in [0.29, 0.717) is 0 Å². The predicted molar refractivity (Wildman–Crippen MR) is 201 cm³/mol. The molecule has 53 heavy (non-hydrogen) atoms. The molecule has 14 heteroatoms. The van der Waals surface area contributed by atoms with Crippen LogP contribution in [0.2, 0.25) is 0 Å². The van der Waals surface area contributed by atoms with Gasteiger partial charge in [-0.05, 0) is 37.3 Å². The van der Waals surface area contributed by atoms with Crippen molar-refractivity contribution in [2.24, 2.45) is 11.3 Å². The number of aliphatic carboxylic acids is 1. The Labute approximate surface area is 313 Å². The van der Waals surface area contributed by atoms with Crippen LogP contribution in [0.15, 0.2) is 54.1 Å². The zero-order chi connectivity index (χ0) is 40.3. The highest BCUT2D eigenvalue weighted by Crippen LogP contribution is 2.29. The lowest BCUT2D eigenvalue weighted by Crippen LogP contribution is -2.61. The molecule has 0 bridgehead atoms. The van der Waals surface area contributed by atoms with Crippen LogP contribution in [0.5, 0.6) is 0 Å². The standard InChI is InChI=1S/C39H58N6O8/c1-24(2)28(44(10)37(53)34(38(4,5)6)43-36(52)33(40-9)39(7,8)26-14-12-11-13-15-26)22-25(3)35(51)42-27(23-32(49)50)16-17-29(46)41-20-21-45-30(47)18-19-31(45)48/h11-15,18-19,22,24,27-28,33-34,40H,16-17,20-21,23H2,1-10H3,(H,41,46)(H,42,51)(H,43,52)(H,49,50)/b25-22+/t27-,28-,33-,34-/m1/s1. The SMILES string of the molecule is CN[C@H](C(=O)N[C@H](C(=O)N(C)[C@H](/C=C(\C)C(=O)N[C@H](CCC(=O)NCCN1C(=O)C=CC1=O)CC(=O)O)C(C)C)C(C)(C)C)C(C)(C)c1ccccc1. The Morgan fingerprint density at radius 2 is 1.51 bits per heavy atom. The van der Waals surface area contributed by atoms with Crippen LogP contribution in [0.4, 0.5) is 0 Å². The normalized spacial score (nSPS) is 15.8. The monoisotopic (exact) mass is 738 g/mol. The molecule has 6 amide bonds. The van der Waals surface area contributed by atoms with E-state index in [4.69, 9.17) is 0 Å². The van der Waals surface area contributed by atoms with Crippen molar-refractivity contribution < 1.29 is 38.7 Å². The van der Waals surface area contributed by atoms with Crippen molar-refractivity contribution in [3.8, 4) is 0 Å². The van der Waals surface area contributed by atoms with Gasteiger partial charge in [-0.25, -0.2) is 0 Å². The number of carboxylic acid groups (broad SMARTS) is 1. The molecule has 292 valence electrons. The number of imide groups is 1. The number of nitrogens with one attached hydrogen (secondary N) is 4. The molecule has 0 aliphatic carbocycles. The zero-order valence-electron chi connectivity index (χ0n) is 32.7. The Kier molecular flexibility index (Phi) is 16.1. The van der Waals surface area contributed by atoms with E-state index in [1.807, 2.05) is 78.8 Å². The van der Waals surface area contributed by atoms with Gasteiger partial charge in [-0.2, -0.15) is 0 Å². The van der Waals surface area contributed by atoms with Gasteiger partial charge < -0.3 is 31.3 Å². The molecule has 1 aromatic carbocycles. The van der Waals surface area contributed by atoms with E-state index in [0.717, 1.165) is 22.6 Å². The summed E-state index contributed by atoms with van der Waals surface area (Å²) in [7, 11) is 3.34. The number of benzene rings is 1. The van der Waals surface area contributed by atoms with Crippen LogP contribution in [0.3, 0.4) is 0 Å². The van der Waals surface area contributed by atoms with Crippen LogP contribution < -0.4 is 21.3 Å². The van der Waals surface area contributed by atoms with Crippen LogP contribution in [0, 0.1) is 11.3 Å². The highest BCUT2D eigenvalue weighted by Gasteiger charge is 2.41. The third-order valence-corrected chi connectivity index (χ3v) is 9.48. The van der Waals surface area contributed by atoms with Gasteiger partial charge in [-0.15, -0.1) is 0 Å². The lowest BCUT2D eigenvalue weighted by atomic mass is 9.76. The second-order valence-corrected chi connectivity index (χ2v) is 15.5. The van der Waals surface area contributed by atoms with Crippen molar-refractivity contribution >= 4 is 41.4 Å². The van der Waals surface area contributed by atoms with E-state index in [9.17, 15) is 38.7 Å². The molecule has 0 aromatic heterocycles. The molecule has 2 rings (SSSR count). The van der Waals surface area contributed by atoms with Crippen LogP contribution in [0.25, 0.3) is 0 Å². The Morgan fingerprint density at radius 3 is 2.02 bits per heavy atom. The fourth-order valence-electron chi connectivity index (χ4n) is 6.25. The third-order valence-electron chi connectivity index (χ3n) is 9.48. The van der Waals surface area contributed by atoms with Crippen molar-refractivity contribution in [2.75, 3.05) is 27.2 Å². The summed E-state index contributed by atoms with van der Waals surface area (Å²) < 4.78 is 0. The predicted octanol–water partition coefficient (Wildman–Crippen LogP) is 2.29. The second kappa shape index (κ2) is 19.3. The minimum atomic E-state index is -1.16. The first-order valence-corrected chi connectivity index (χ1v) is 17.9. The molecule has 0 saturated carbocycles. The number of hydrogen-bond donors (Lipinski definition) is 5. The maximum atomic E-state index is 14.2. The number of carbonyl (C=O) groups excluding carboxylic acids is 6. The minimum absolute atomic E-state index is 0.00454. The number of rotatable bonds is 19. The van der Waals surface area contributed by atoms with E-state index >= 15 is 0 Å². The van der Waals surface area contributed by atoms with Crippen LogP contribution in [-0.4, -0.2) is 108 Å². The van der Waals surface area contributed by atoms with Gasteiger partial charge in [-0.3, -0.25) is 38.5 Å². The van der Waals surface area contributed by atoms with Crippen LogP contribution in [-0.2, 0) is 39.0 Å². The molecule has 14 nitrogen and oxygen atoms in total. The summed E-state index contributed by atoms with van der Waals surface area (Å²) in [5.41, 5.74) is -0.0824. The van der Waals surface area contributed by atoms with Crippen molar-refractivity contribution in [2.45, 2.75) is 104 Å². The molecule has 4 atom stereocenters. The second-order valence-electron chi connectivity index (χ2n) is 15.5. The van der Waals surface area contributed by atoms with Crippen molar-refractivity contribution in [3.05, 3.63) is 59.7 Å². The third kappa shape index (κ3) is 12.7. The molecule has 0 fully saturated rings. The van der Waals surface area contributed by atoms with Crippen LogP contribution in [0.1, 0.15) is 80.2 Å². The molecule has 0 unspecified atom stereocenters. The number of likely N-dealkylation sites (N-methyl/N-ethyl adjacent to an activating group) is 2. The van der Waals surface area contributed by atoms with Gasteiger partial charge in [0.05, 0.1) is 18.5 Å². The molecule has 0 spiro atoms. The fraction of sp³-hybridized carbons (Fsp3) is 0.564. The van der Waals surface area contributed by atoms with E-state index in [1.165, 1.54) is 4.90 Å². The molecule has 1 aromatic rings. The van der Waals surface area contributed by atoms with Crippen molar-refractivity contribution in [1.82, 2.24) is 31.1 Å². The maximum absolute atomic E-state index is 14.2. The number of amides is 6. The molecule has 5 N–H and O–H groups in total. The van der Waals surface area contributed by atoms with Gasteiger partial charge in [0.1, 0.15) is 6.04 Å². The molecule has 0 saturated heterocycles. The van der Waals surface area contributed by atoms with E-state index < -0.39 is 71.0 Å². The smallest absolute Gasteiger partial charge is 0.305 e. The first-order valence-electron chi connectivity index (χ1n) is 17.9. The Hall–Kier alpha value is -4.85. The maximum Gasteiger partial charge on any atom is 0.305 e. The number of carbonyl (C=O) groups is 7. The van der Waals surface area contributed by atoms with Crippen molar-refractivity contribution in [1.29, 1.82) is 0 Å². The summed E-state index contributed by atoms with van der Waals surface area (Å²) in [5, 5.41) is 20.9.